The van der Waals surface area contributed by atoms with Gasteiger partial charge in [0, 0.05) is 11.1 Å². The highest BCUT2D eigenvalue weighted by Gasteiger charge is 2.17. The minimum Gasteiger partial charge on any atom is -0.330 e. The van der Waals surface area contributed by atoms with Crippen LogP contribution in [-0.4, -0.2) is 11.5 Å². The Labute approximate surface area is 120 Å². The van der Waals surface area contributed by atoms with Crippen molar-refractivity contribution in [3.8, 4) is 0 Å². The summed E-state index contributed by atoms with van der Waals surface area (Å²) in [5, 5.41) is 1.81. The van der Waals surface area contributed by atoms with Gasteiger partial charge in [0.1, 0.15) is 0 Å². The van der Waals surface area contributed by atoms with Gasteiger partial charge in [-0.3, -0.25) is 4.98 Å². The van der Waals surface area contributed by atoms with Crippen molar-refractivity contribution in [3.05, 3.63) is 40.0 Å². The van der Waals surface area contributed by atoms with Crippen molar-refractivity contribution >= 4 is 22.5 Å². The largest absolute Gasteiger partial charge is 0.330 e. The van der Waals surface area contributed by atoms with Crippen molar-refractivity contribution in [2.75, 3.05) is 6.54 Å². The average molecular weight is 277 g/mol. The molecule has 0 amide bonds. The third-order valence-corrected chi connectivity index (χ3v) is 3.79. The van der Waals surface area contributed by atoms with E-state index in [0.29, 0.717) is 6.54 Å². The van der Waals surface area contributed by atoms with E-state index in [1.54, 1.807) is 0 Å². The second-order valence-corrected chi connectivity index (χ2v) is 6.51. The van der Waals surface area contributed by atoms with Crippen molar-refractivity contribution in [2.24, 2.45) is 11.1 Å². The van der Waals surface area contributed by atoms with Gasteiger partial charge in [0.15, 0.2) is 0 Å². The predicted octanol–water partition coefficient (Wildman–Crippen LogP) is 4.03. The number of pyridine rings is 1. The first-order valence-electron chi connectivity index (χ1n) is 6.59. The molecule has 0 saturated heterocycles. The Morgan fingerprint density at radius 2 is 1.89 bits per heavy atom. The Bertz CT molecular complexity index is 618. The predicted molar refractivity (Wildman–Crippen MR) is 82.8 cm³/mol. The average Bonchev–Trinajstić information content (AvgIpc) is 2.30. The normalized spacial score (nSPS) is 12.1. The molecule has 0 aliphatic heterocycles. The molecule has 102 valence electrons. The second-order valence-electron chi connectivity index (χ2n) is 6.10. The molecule has 0 saturated carbocycles. The van der Waals surface area contributed by atoms with E-state index in [1.807, 2.05) is 13.0 Å². The van der Waals surface area contributed by atoms with Gasteiger partial charge in [-0.2, -0.15) is 0 Å². The number of aromatic nitrogens is 1. The Morgan fingerprint density at radius 1 is 1.21 bits per heavy atom. The van der Waals surface area contributed by atoms with Crippen molar-refractivity contribution in [3.63, 3.8) is 0 Å². The van der Waals surface area contributed by atoms with Gasteiger partial charge in [0.05, 0.1) is 10.5 Å². The maximum atomic E-state index is 6.35. The maximum Gasteiger partial charge on any atom is 0.0749 e. The number of aryl methyl sites for hydroxylation is 2. The van der Waals surface area contributed by atoms with Crippen LogP contribution in [0.1, 0.15) is 30.7 Å². The van der Waals surface area contributed by atoms with Gasteiger partial charge >= 0.3 is 0 Å². The van der Waals surface area contributed by atoms with Gasteiger partial charge in [-0.15, -0.1) is 0 Å². The fourth-order valence-corrected chi connectivity index (χ4v) is 2.68. The lowest BCUT2D eigenvalue weighted by Gasteiger charge is -2.23. The molecule has 1 heterocycles. The molecule has 0 aliphatic rings. The van der Waals surface area contributed by atoms with Crippen LogP contribution in [-0.2, 0) is 6.42 Å². The third kappa shape index (κ3) is 3.07. The Kier molecular flexibility index (Phi) is 3.84. The fraction of sp³-hybridized carbons (Fsp3) is 0.438. The SMILES string of the molecule is Cc1cc(Cl)c2cc(CC(C)(C)CN)cc(C)c2n1. The van der Waals surface area contributed by atoms with Gasteiger partial charge in [0.25, 0.3) is 0 Å². The highest BCUT2D eigenvalue weighted by atomic mass is 35.5. The van der Waals surface area contributed by atoms with Crippen LogP contribution in [0, 0.1) is 19.3 Å². The zero-order valence-corrected chi connectivity index (χ0v) is 12.8. The Balaban J connectivity index is 2.56. The monoisotopic (exact) mass is 276 g/mol. The molecule has 0 fully saturated rings. The molecule has 3 heteroatoms. The summed E-state index contributed by atoms with van der Waals surface area (Å²) >= 11 is 6.35. The smallest absolute Gasteiger partial charge is 0.0749 e. The molecule has 19 heavy (non-hydrogen) atoms. The lowest BCUT2D eigenvalue weighted by molar-refractivity contribution is 0.377. The third-order valence-electron chi connectivity index (χ3n) is 3.48. The van der Waals surface area contributed by atoms with Crippen LogP contribution in [0.2, 0.25) is 5.02 Å². The number of hydrogen-bond donors (Lipinski definition) is 1. The summed E-state index contributed by atoms with van der Waals surface area (Å²) in [7, 11) is 0. The molecule has 0 aliphatic carbocycles. The van der Waals surface area contributed by atoms with Crippen LogP contribution in [0.4, 0.5) is 0 Å². The van der Waals surface area contributed by atoms with E-state index < -0.39 is 0 Å². The van der Waals surface area contributed by atoms with Crippen LogP contribution in [0.5, 0.6) is 0 Å². The van der Waals surface area contributed by atoms with Crippen LogP contribution in [0.25, 0.3) is 10.9 Å². The molecule has 2 rings (SSSR count). The number of fused-ring (bicyclic) bond motifs is 1. The summed E-state index contributed by atoms with van der Waals surface area (Å²) in [6, 6.07) is 6.26. The zero-order chi connectivity index (χ0) is 14.2. The number of nitrogens with zero attached hydrogens (tertiary/aromatic N) is 1. The highest BCUT2D eigenvalue weighted by Crippen LogP contribution is 2.29. The molecular formula is C16H21ClN2. The summed E-state index contributed by atoms with van der Waals surface area (Å²) in [6.45, 7) is 9.09. The summed E-state index contributed by atoms with van der Waals surface area (Å²) in [5.41, 5.74) is 10.3. The maximum absolute atomic E-state index is 6.35. The van der Waals surface area contributed by atoms with Gasteiger partial charge in [-0.05, 0) is 55.5 Å². The first kappa shape index (κ1) is 14.3. The standard InChI is InChI=1S/C16H21ClN2/c1-10-5-12(8-16(3,4)9-18)7-13-14(17)6-11(2)19-15(10)13/h5-7H,8-9,18H2,1-4H3. The van der Waals surface area contributed by atoms with Gasteiger partial charge < -0.3 is 5.73 Å². The highest BCUT2D eigenvalue weighted by molar-refractivity contribution is 6.35. The van der Waals surface area contributed by atoms with E-state index in [9.17, 15) is 0 Å². The van der Waals surface area contributed by atoms with E-state index in [2.05, 4.69) is 37.9 Å². The Hall–Kier alpha value is -1.12. The molecular weight excluding hydrogens is 256 g/mol. The minimum absolute atomic E-state index is 0.102. The summed E-state index contributed by atoms with van der Waals surface area (Å²) in [6.07, 6.45) is 0.949. The van der Waals surface area contributed by atoms with E-state index in [4.69, 9.17) is 17.3 Å². The molecule has 0 unspecified atom stereocenters. The van der Waals surface area contributed by atoms with Crippen molar-refractivity contribution in [2.45, 2.75) is 34.1 Å². The van der Waals surface area contributed by atoms with Crippen molar-refractivity contribution in [1.29, 1.82) is 0 Å². The number of nitrogens with two attached hydrogens (primary N) is 1. The summed E-state index contributed by atoms with van der Waals surface area (Å²) in [4.78, 5) is 4.58. The number of halogens is 1. The molecule has 2 nitrogen and oxygen atoms in total. The van der Waals surface area contributed by atoms with Crippen LogP contribution >= 0.6 is 11.6 Å². The van der Waals surface area contributed by atoms with Crippen LogP contribution in [0.3, 0.4) is 0 Å². The second kappa shape index (κ2) is 5.10. The van der Waals surface area contributed by atoms with E-state index in [0.717, 1.165) is 28.0 Å². The molecule has 2 aromatic rings. The van der Waals surface area contributed by atoms with E-state index in [1.165, 1.54) is 11.1 Å². The van der Waals surface area contributed by atoms with Crippen LogP contribution < -0.4 is 5.73 Å². The van der Waals surface area contributed by atoms with Gasteiger partial charge in [0.2, 0.25) is 0 Å². The first-order valence-corrected chi connectivity index (χ1v) is 6.97. The molecule has 0 bridgehead atoms. The van der Waals surface area contributed by atoms with Crippen molar-refractivity contribution < 1.29 is 0 Å². The van der Waals surface area contributed by atoms with Gasteiger partial charge in [-0.25, -0.2) is 0 Å². The van der Waals surface area contributed by atoms with Gasteiger partial charge in [-0.1, -0.05) is 31.5 Å². The lowest BCUT2D eigenvalue weighted by Crippen LogP contribution is -2.25. The molecule has 0 spiro atoms. The quantitative estimate of drug-likeness (QED) is 0.919. The van der Waals surface area contributed by atoms with Crippen LogP contribution in [0.15, 0.2) is 18.2 Å². The minimum atomic E-state index is 0.102. The fourth-order valence-electron chi connectivity index (χ4n) is 2.38. The molecule has 1 aromatic heterocycles. The molecule has 1 aromatic carbocycles. The number of rotatable bonds is 3. The summed E-state index contributed by atoms with van der Waals surface area (Å²) in [5.74, 6) is 0. The lowest BCUT2D eigenvalue weighted by atomic mass is 9.85. The van der Waals surface area contributed by atoms with E-state index >= 15 is 0 Å². The molecule has 0 radical (unpaired) electrons. The summed E-state index contributed by atoms with van der Waals surface area (Å²) < 4.78 is 0. The van der Waals surface area contributed by atoms with Crippen molar-refractivity contribution in [1.82, 2.24) is 4.98 Å². The zero-order valence-electron chi connectivity index (χ0n) is 12.0. The first-order chi connectivity index (χ1) is 8.82. The number of hydrogen-bond acceptors (Lipinski definition) is 2. The van der Waals surface area contributed by atoms with E-state index in [-0.39, 0.29) is 5.41 Å². The molecule has 2 N–H and O–H groups in total. The molecule has 0 atom stereocenters. The Morgan fingerprint density at radius 3 is 2.53 bits per heavy atom. The topological polar surface area (TPSA) is 38.9 Å². The number of benzene rings is 1.